The van der Waals surface area contributed by atoms with Gasteiger partial charge in [-0.2, -0.15) is 0 Å². The molecule has 0 amide bonds. The van der Waals surface area contributed by atoms with Crippen molar-refractivity contribution in [1.29, 1.82) is 0 Å². The molecule has 0 N–H and O–H groups in total. The molecule has 0 nitrogen and oxygen atoms in total. The predicted octanol–water partition coefficient (Wildman–Crippen LogP) is 3.96. The van der Waals surface area contributed by atoms with Gasteiger partial charge in [0.2, 0.25) is 0 Å². The summed E-state index contributed by atoms with van der Waals surface area (Å²) < 4.78 is 0. The molecule has 0 fully saturated rings. The van der Waals surface area contributed by atoms with Gasteiger partial charge in [0.15, 0.2) is 0 Å². The Morgan fingerprint density at radius 2 is 1.27 bits per heavy atom. The molecule has 0 bridgehead atoms. The average Bonchev–Trinajstić information content (AvgIpc) is 1.97. The normalized spacial score (nSPS) is 9.27. The molecule has 65 valence electrons. The largest absolute Gasteiger partial charge is 0.0654 e. The van der Waals surface area contributed by atoms with Gasteiger partial charge in [0.1, 0.15) is 0 Å². The van der Waals surface area contributed by atoms with Gasteiger partial charge in [-0.15, -0.1) is 0 Å². The van der Waals surface area contributed by atoms with Crippen LogP contribution in [0.15, 0.2) is 0 Å². The van der Waals surface area contributed by atoms with E-state index in [1.807, 2.05) is 0 Å². The second kappa shape index (κ2) is 13.9. The fourth-order valence-corrected chi connectivity index (χ4v) is 1.13. The molecule has 11 heavy (non-hydrogen) atoms. The number of rotatable bonds is 7. The van der Waals surface area contributed by atoms with Gasteiger partial charge in [-0.1, -0.05) is 65.2 Å². The Balaban J connectivity index is 0. The summed E-state index contributed by atoms with van der Waals surface area (Å²) in [7, 11) is 0. The maximum atomic E-state index is 3.82. The van der Waals surface area contributed by atoms with Gasteiger partial charge in [0.05, 0.1) is 0 Å². The van der Waals surface area contributed by atoms with Gasteiger partial charge in [-0.05, 0) is 0 Å². The minimum atomic E-state index is 0. The van der Waals surface area contributed by atoms with Crippen molar-refractivity contribution in [1.82, 2.24) is 0 Å². The minimum absolute atomic E-state index is 0. The molecule has 0 aromatic rings. The van der Waals surface area contributed by atoms with E-state index in [1.165, 1.54) is 44.9 Å². The molecule has 0 aromatic carbocycles. The summed E-state index contributed by atoms with van der Waals surface area (Å²) in [4.78, 5) is 0. The molecule has 0 rings (SSSR count). The van der Waals surface area contributed by atoms with E-state index in [0.29, 0.717) is 0 Å². The molecular formula is C10H21Ce. The van der Waals surface area contributed by atoms with E-state index in [4.69, 9.17) is 0 Å². The zero-order valence-electron chi connectivity index (χ0n) is 7.86. The molecule has 0 heterocycles. The van der Waals surface area contributed by atoms with Gasteiger partial charge < -0.3 is 0 Å². The van der Waals surface area contributed by atoms with Crippen LogP contribution in [-0.4, -0.2) is 0 Å². The Kier molecular flexibility index (Phi) is 18.8. The van der Waals surface area contributed by atoms with Crippen LogP contribution < -0.4 is 0 Å². The number of hydrogen-bond acceptors (Lipinski definition) is 0. The molecule has 0 aromatic heterocycles. The van der Waals surface area contributed by atoms with Crippen LogP contribution in [-0.2, 0) is 0 Å². The molecule has 0 unspecified atom stereocenters. The summed E-state index contributed by atoms with van der Waals surface area (Å²) in [5, 5.41) is 0. The second-order valence-electron chi connectivity index (χ2n) is 2.97. The molecule has 0 atom stereocenters. The molecule has 0 aliphatic carbocycles. The van der Waals surface area contributed by atoms with Gasteiger partial charge in [0, 0.05) is 41.7 Å². The zero-order chi connectivity index (χ0) is 7.66. The van der Waals surface area contributed by atoms with Gasteiger partial charge in [-0.25, -0.2) is 0 Å². The van der Waals surface area contributed by atoms with Crippen molar-refractivity contribution < 1.29 is 41.7 Å². The average molecular weight is 281 g/mol. The zero-order valence-corrected chi connectivity index (χ0v) is 11.0. The van der Waals surface area contributed by atoms with E-state index in [-0.39, 0.29) is 41.7 Å². The fourth-order valence-electron chi connectivity index (χ4n) is 1.13. The molecule has 1 heteroatoms. The van der Waals surface area contributed by atoms with E-state index in [0.717, 1.165) is 6.42 Å². The topological polar surface area (TPSA) is 0 Å². The van der Waals surface area contributed by atoms with Crippen LogP contribution in [0.3, 0.4) is 0 Å². The van der Waals surface area contributed by atoms with Gasteiger partial charge >= 0.3 is 0 Å². The third kappa shape index (κ3) is 14.3. The monoisotopic (exact) mass is 281 g/mol. The minimum Gasteiger partial charge on any atom is -0.0654 e. The van der Waals surface area contributed by atoms with Crippen molar-refractivity contribution in [2.45, 2.75) is 58.3 Å². The first-order chi connectivity index (χ1) is 4.91. The first kappa shape index (κ1) is 14.9. The summed E-state index contributed by atoms with van der Waals surface area (Å²) in [6.07, 6.45) is 10.9. The molecule has 0 aliphatic heterocycles. The van der Waals surface area contributed by atoms with Crippen molar-refractivity contribution in [3.8, 4) is 0 Å². The Bertz CT molecular complexity index is 44.8. The third-order valence-electron chi connectivity index (χ3n) is 1.85. The first-order valence-corrected chi connectivity index (χ1v) is 4.71. The summed E-state index contributed by atoms with van der Waals surface area (Å²) >= 11 is 0. The van der Waals surface area contributed by atoms with E-state index >= 15 is 0 Å². The molecule has 0 spiro atoms. The molecule has 0 saturated carbocycles. The van der Waals surface area contributed by atoms with Crippen LogP contribution in [0.5, 0.6) is 0 Å². The van der Waals surface area contributed by atoms with Crippen LogP contribution in [0.2, 0.25) is 0 Å². The van der Waals surface area contributed by atoms with E-state index in [2.05, 4.69) is 13.8 Å². The standard InChI is InChI=1S/C10H21.Ce/c1-3-5-7-9-10-8-6-4-2;/h1,3-10H2,2H3;. The summed E-state index contributed by atoms with van der Waals surface area (Å²) in [6, 6.07) is 0. The molecular weight excluding hydrogens is 260 g/mol. The fraction of sp³-hybridized carbons (Fsp3) is 0.900. The van der Waals surface area contributed by atoms with Crippen molar-refractivity contribution in [2.24, 2.45) is 0 Å². The SMILES string of the molecule is [CH2]CCCCCCCCC.[Ce]. The van der Waals surface area contributed by atoms with Crippen LogP contribution in [0.25, 0.3) is 0 Å². The Morgan fingerprint density at radius 3 is 1.73 bits per heavy atom. The van der Waals surface area contributed by atoms with Gasteiger partial charge in [0.25, 0.3) is 0 Å². The molecule has 0 aliphatic rings. The van der Waals surface area contributed by atoms with E-state index < -0.39 is 0 Å². The smallest absolute Gasteiger partial charge is 0 e. The maximum Gasteiger partial charge on any atom is 0 e. The quantitative estimate of drug-likeness (QED) is 0.620. The van der Waals surface area contributed by atoms with Gasteiger partial charge in [-0.3, -0.25) is 0 Å². The summed E-state index contributed by atoms with van der Waals surface area (Å²) in [5.41, 5.74) is 0. The Morgan fingerprint density at radius 1 is 0.818 bits per heavy atom. The third-order valence-corrected chi connectivity index (χ3v) is 1.85. The van der Waals surface area contributed by atoms with Crippen LogP contribution >= 0.6 is 0 Å². The van der Waals surface area contributed by atoms with Crippen LogP contribution in [0.4, 0.5) is 0 Å². The number of unbranched alkanes of at least 4 members (excludes halogenated alkanes) is 7. The van der Waals surface area contributed by atoms with Crippen LogP contribution in [0.1, 0.15) is 58.3 Å². The summed E-state index contributed by atoms with van der Waals surface area (Å²) in [6.45, 7) is 6.08. The first-order valence-electron chi connectivity index (χ1n) is 4.71. The van der Waals surface area contributed by atoms with Crippen molar-refractivity contribution in [2.75, 3.05) is 0 Å². The summed E-state index contributed by atoms with van der Waals surface area (Å²) in [5.74, 6) is 0. The van der Waals surface area contributed by atoms with Crippen molar-refractivity contribution >= 4 is 0 Å². The van der Waals surface area contributed by atoms with Crippen LogP contribution in [0, 0.1) is 48.7 Å². The second-order valence-corrected chi connectivity index (χ2v) is 2.97. The molecule has 1 radical (unpaired) electrons. The Hall–Kier alpha value is 1.38. The predicted molar refractivity (Wildman–Crippen MR) is 48.0 cm³/mol. The van der Waals surface area contributed by atoms with Crippen molar-refractivity contribution in [3.05, 3.63) is 6.92 Å². The Labute approximate surface area is 106 Å². The van der Waals surface area contributed by atoms with Crippen molar-refractivity contribution in [3.63, 3.8) is 0 Å². The maximum absolute atomic E-state index is 3.82. The van der Waals surface area contributed by atoms with E-state index in [1.54, 1.807) is 0 Å². The number of hydrogen-bond donors (Lipinski definition) is 0. The molecule has 0 saturated heterocycles. The van der Waals surface area contributed by atoms with E-state index in [9.17, 15) is 0 Å².